The molecule has 0 spiro atoms. The number of pyridine rings is 1. The lowest BCUT2D eigenvalue weighted by atomic mass is 9.94. The molecule has 0 aliphatic rings. The lowest BCUT2D eigenvalue weighted by Crippen LogP contribution is -2.35. The Morgan fingerprint density at radius 1 is 0.769 bits per heavy atom. The highest BCUT2D eigenvalue weighted by atomic mass is 19.1. The minimum atomic E-state index is -0.183. The predicted octanol–water partition coefficient (Wildman–Crippen LogP) is 5.75. The van der Waals surface area contributed by atoms with Crippen LogP contribution in [0.4, 0.5) is 4.39 Å². The third-order valence-corrected chi connectivity index (χ3v) is 5.10. The summed E-state index contributed by atoms with van der Waals surface area (Å²) < 4.78 is 16.9. The first kappa shape index (κ1) is 16.5. The number of fused-ring (bicyclic) bond motifs is 1. The molecule has 1 heterocycles. The van der Waals surface area contributed by atoms with Crippen molar-refractivity contribution >= 4 is 10.8 Å². The Labute approximate surface area is 153 Å². The second-order valence-corrected chi connectivity index (χ2v) is 6.79. The summed E-state index contributed by atoms with van der Waals surface area (Å²) in [4.78, 5) is 0. The molecule has 0 bridgehead atoms. The molecule has 1 aromatic heterocycles. The van der Waals surface area contributed by atoms with Crippen molar-refractivity contribution < 1.29 is 8.96 Å². The van der Waals surface area contributed by atoms with E-state index in [1.165, 1.54) is 16.5 Å². The molecule has 4 aromatic rings. The van der Waals surface area contributed by atoms with E-state index >= 15 is 0 Å². The summed E-state index contributed by atoms with van der Waals surface area (Å²) in [6, 6.07) is 23.9. The third-order valence-electron chi connectivity index (χ3n) is 5.10. The number of halogens is 1. The summed E-state index contributed by atoms with van der Waals surface area (Å²) in [6.45, 7) is 4.08. The Morgan fingerprint density at radius 2 is 1.46 bits per heavy atom. The van der Waals surface area contributed by atoms with Crippen molar-refractivity contribution in [1.29, 1.82) is 0 Å². The van der Waals surface area contributed by atoms with E-state index in [0.29, 0.717) is 5.56 Å². The van der Waals surface area contributed by atoms with Gasteiger partial charge in [0.15, 0.2) is 5.69 Å². The SMILES string of the molecule is Cc1cc(F)c(-c2ccccc2)cc1-c1c2ccccc2cc(C)[n+]1C. The van der Waals surface area contributed by atoms with Gasteiger partial charge in [-0.25, -0.2) is 4.39 Å². The quantitative estimate of drug-likeness (QED) is 0.408. The van der Waals surface area contributed by atoms with Crippen LogP contribution in [-0.4, -0.2) is 0 Å². The van der Waals surface area contributed by atoms with Crippen LogP contribution in [0, 0.1) is 19.7 Å². The number of hydrogen-bond donors (Lipinski definition) is 0. The molecule has 0 aliphatic carbocycles. The van der Waals surface area contributed by atoms with Crippen molar-refractivity contribution in [3.63, 3.8) is 0 Å². The Hall–Kier alpha value is -3.00. The molecule has 0 amide bonds. The third kappa shape index (κ3) is 2.68. The molecule has 3 aromatic carbocycles. The van der Waals surface area contributed by atoms with E-state index in [2.05, 4.69) is 48.9 Å². The van der Waals surface area contributed by atoms with Crippen molar-refractivity contribution in [2.75, 3.05) is 0 Å². The first-order valence-electron chi connectivity index (χ1n) is 8.80. The minimum Gasteiger partial charge on any atom is -0.206 e. The number of aryl methyl sites for hydroxylation is 2. The number of benzene rings is 3. The average molecular weight is 342 g/mol. The average Bonchev–Trinajstić information content (AvgIpc) is 2.64. The second kappa shape index (κ2) is 6.38. The van der Waals surface area contributed by atoms with Gasteiger partial charge in [-0.3, -0.25) is 0 Å². The van der Waals surface area contributed by atoms with E-state index in [1.807, 2.05) is 43.3 Å². The van der Waals surface area contributed by atoms with Gasteiger partial charge < -0.3 is 0 Å². The molecule has 0 saturated carbocycles. The molecule has 0 radical (unpaired) electrons. The molecule has 2 heteroatoms. The number of nitrogens with zero attached hydrogens (tertiary/aromatic N) is 1. The first-order valence-corrected chi connectivity index (χ1v) is 8.80. The monoisotopic (exact) mass is 342 g/mol. The van der Waals surface area contributed by atoms with Crippen LogP contribution in [0.3, 0.4) is 0 Å². The van der Waals surface area contributed by atoms with Crippen LogP contribution in [0.2, 0.25) is 0 Å². The molecule has 26 heavy (non-hydrogen) atoms. The largest absolute Gasteiger partial charge is 0.220 e. The molecular weight excluding hydrogens is 321 g/mol. The highest BCUT2D eigenvalue weighted by Crippen LogP contribution is 2.33. The van der Waals surface area contributed by atoms with Gasteiger partial charge in [0.1, 0.15) is 12.9 Å². The van der Waals surface area contributed by atoms with Crippen LogP contribution in [0.1, 0.15) is 11.3 Å². The van der Waals surface area contributed by atoms with Crippen molar-refractivity contribution in [2.24, 2.45) is 7.05 Å². The zero-order chi connectivity index (χ0) is 18.3. The molecule has 4 rings (SSSR count). The fraction of sp³-hybridized carbons (Fsp3) is 0.125. The molecule has 0 aliphatic heterocycles. The fourth-order valence-electron chi connectivity index (χ4n) is 3.61. The van der Waals surface area contributed by atoms with Gasteiger partial charge in [-0.15, -0.1) is 0 Å². The molecule has 0 atom stereocenters. The molecule has 1 nitrogen and oxygen atoms in total. The van der Waals surface area contributed by atoms with E-state index in [4.69, 9.17) is 0 Å². The first-order chi connectivity index (χ1) is 12.6. The predicted molar refractivity (Wildman–Crippen MR) is 105 cm³/mol. The maximum absolute atomic E-state index is 14.7. The Morgan fingerprint density at radius 3 is 2.23 bits per heavy atom. The van der Waals surface area contributed by atoms with Crippen LogP contribution in [0.15, 0.2) is 72.8 Å². The highest BCUT2D eigenvalue weighted by Gasteiger charge is 2.21. The molecule has 0 fully saturated rings. The fourth-order valence-corrected chi connectivity index (χ4v) is 3.61. The van der Waals surface area contributed by atoms with E-state index in [1.54, 1.807) is 6.07 Å². The van der Waals surface area contributed by atoms with E-state index in [9.17, 15) is 4.39 Å². The summed E-state index contributed by atoms with van der Waals surface area (Å²) in [6.07, 6.45) is 0. The van der Waals surface area contributed by atoms with E-state index in [-0.39, 0.29) is 5.82 Å². The topological polar surface area (TPSA) is 3.88 Å². The van der Waals surface area contributed by atoms with E-state index < -0.39 is 0 Å². The number of hydrogen-bond acceptors (Lipinski definition) is 0. The number of rotatable bonds is 2. The summed E-state index contributed by atoms with van der Waals surface area (Å²) in [5, 5.41) is 2.37. The van der Waals surface area contributed by atoms with Gasteiger partial charge >= 0.3 is 0 Å². The lowest BCUT2D eigenvalue weighted by molar-refractivity contribution is -0.665. The number of aromatic nitrogens is 1. The van der Waals surface area contributed by atoms with Gasteiger partial charge in [-0.05, 0) is 41.6 Å². The molecule has 0 N–H and O–H groups in total. The van der Waals surface area contributed by atoms with Gasteiger partial charge in [0, 0.05) is 18.6 Å². The maximum atomic E-state index is 14.7. The van der Waals surface area contributed by atoms with Gasteiger partial charge in [-0.2, -0.15) is 4.57 Å². The summed E-state index contributed by atoms with van der Waals surface area (Å²) >= 11 is 0. The highest BCUT2D eigenvalue weighted by molar-refractivity contribution is 5.94. The normalized spacial score (nSPS) is 11.1. The molecule has 0 unspecified atom stereocenters. The summed E-state index contributed by atoms with van der Waals surface area (Å²) in [5.74, 6) is -0.183. The Kier molecular flexibility index (Phi) is 4.04. The van der Waals surface area contributed by atoms with Crippen molar-refractivity contribution in [3.05, 3.63) is 89.9 Å². The molecular formula is C24H21FN+. The zero-order valence-electron chi connectivity index (χ0n) is 15.3. The van der Waals surface area contributed by atoms with Gasteiger partial charge in [0.25, 0.3) is 0 Å². The van der Waals surface area contributed by atoms with Crippen LogP contribution >= 0.6 is 0 Å². The summed E-state index contributed by atoms with van der Waals surface area (Å²) in [5.41, 5.74) is 5.82. The smallest absolute Gasteiger partial charge is 0.206 e. The molecule has 128 valence electrons. The Bertz CT molecular complexity index is 1110. The van der Waals surface area contributed by atoms with Crippen LogP contribution < -0.4 is 4.57 Å². The lowest BCUT2D eigenvalue weighted by Gasteiger charge is -2.12. The minimum absolute atomic E-state index is 0.183. The standard InChI is InChI=1S/C24H21FN/c1-16-13-23(25)22(18-9-5-4-6-10-18)15-21(16)24-20-12-8-7-11-19(20)14-17(2)26(24)3/h4-15H,1-3H3/q+1. The van der Waals surface area contributed by atoms with Crippen LogP contribution in [0.25, 0.3) is 33.2 Å². The zero-order valence-corrected chi connectivity index (χ0v) is 15.3. The van der Waals surface area contributed by atoms with Gasteiger partial charge in [-0.1, -0.05) is 48.5 Å². The second-order valence-electron chi connectivity index (χ2n) is 6.79. The van der Waals surface area contributed by atoms with Crippen molar-refractivity contribution in [3.8, 4) is 22.4 Å². The maximum Gasteiger partial charge on any atom is 0.220 e. The van der Waals surface area contributed by atoms with Crippen molar-refractivity contribution in [2.45, 2.75) is 13.8 Å². The Balaban J connectivity index is 2.06. The summed E-state index contributed by atoms with van der Waals surface area (Å²) in [7, 11) is 2.07. The van der Waals surface area contributed by atoms with Crippen LogP contribution in [-0.2, 0) is 7.05 Å². The van der Waals surface area contributed by atoms with Crippen LogP contribution in [0.5, 0.6) is 0 Å². The molecule has 0 saturated heterocycles. The van der Waals surface area contributed by atoms with Gasteiger partial charge in [0.05, 0.1) is 10.9 Å². The van der Waals surface area contributed by atoms with E-state index in [0.717, 1.165) is 22.4 Å². The van der Waals surface area contributed by atoms with Gasteiger partial charge in [0.2, 0.25) is 5.69 Å². The van der Waals surface area contributed by atoms with Crippen molar-refractivity contribution in [1.82, 2.24) is 0 Å².